The molecule has 0 aliphatic carbocycles. The van der Waals surface area contributed by atoms with Gasteiger partial charge in [0.2, 0.25) is 5.88 Å². The quantitative estimate of drug-likeness (QED) is 0.396. The van der Waals surface area contributed by atoms with Crippen LogP contribution in [0.5, 0.6) is 5.88 Å². The molecule has 1 heterocycles. The van der Waals surface area contributed by atoms with Crippen LogP contribution in [0.4, 0.5) is 4.39 Å². The Morgan fingerprint density at radius 3 is 2.72 bits per heavy atom. The van der Waals surface area contributed by atoms with E-state index in [0.29, 0.717) is 30.5 Å². The number of hydrogen-bond donors (Lipinski definition) is 2. The second kappa shape index (κ2) is 10.9. The largest absolute Gasteiger partial charge is 0.481 e. The Bertz CT molecular complexity index is 709. The van der Waals surface area contributed by atoms with Gasteiger partial charge in [-0.05, 0) is 37.1 Å². The standard InChI is InChI=1S/C18H23FN4O.HI/c1-4-20-18(21-11-14-8-9-16(19)13(2)10-14)22-12-15-6-5-7-17(23-15)24-3;/h5-10H,4,11-12H2,1-3H3,(H2,20,21,22);1H. The van der Waals surface area contributed by atoms with Gasteiger partial charge in [0, 0.05) is 12.6 Å². The van der Waals surface area contributed by atoms with E-state index in [-0.39, 0.29) is 29.8 Å². The monoisotopic (exact) mass is 458 g/mol. The molecule has 1 aromatic heterocycles. The Morgan fingerprint density at radius 2 is 2.04 bits per heavy atom. The first-order chi connectivity index (χ1) is 11.6. The summed E-state index contributed by atoms with van der Waals surface area (Å²) in [5, 5.41) is 6.41. The number of nitrogens with one attached hydrogen (secondary N) is 2. The molecule has 0 bridgehead atoms. The summed E-state index contributed by atoms with van der Waals surface area (Å²) in [5.41, 5.74) is 2.45. The second-order valence-electron chi connectivity index (χ2n) is 5.30. The van der Waals surface area contributed by atoms with Crippen LogP contribution in [0, 0.1) is 12.7 Å². The lowest BCUT2D eigenvalue weighted by Crippen LogP contribution is -2.37. The van der Waals surface area contributed by atoms with Gasteiger partial charge in [0.05, 0.1) is 25.9 Å². The van der Waals surface area contributed by atoms with Crippen molar-refractivity contribution < 1.29 is 9.13 Å². The van der Waals surface area contributed by atoms with Crippen LogP contribution in [0.15, 0.2) is 41.4 Å². The molecule has 5 nitrogen and oxygen atoms in total. The molecule has 7 heteroatoms. The van der Waals surface area contributed by atoms with Crippen LogP contribution < -0.4 is 15.4 Å². The van der Waals surface area contributed by atoms with Gasteiger partial charge in [0.25, 0.3) is 0 Å². The minimum Gasteiger partial charge on any atom is -0.481 e. The van der Waals surface area contributed by atoms with Crippen LogP contribution >= 0.6 is 24.0 Å². The summed E-state index contributed by atoms with van der Waals surface area (Å²) in [4.78, 5) is 8.88. The summed E-state index contributed by atoms with van der Waals surface area (Å²) in [5.74, 6) is 1.07. The number of halogens is 2. The second-order valence-corrected chi connectivity index (χ2v) is 5.30. The first-order valence-corrected chi connectivity index (χ1v) is 7.89. The highest BCUT2D eigenvalue weighted by Crippen LogP contribution is 2.10. The van der Waals surface area contributed by atoms with Gasteiger partial charge in [-0.3, -0.25) is 0 Å². The number of aliphatic imine (C=N–C) groups is 1. The van der Waals surface area contributed by atoms with Crippen molar-refractivity contribution in [2.75, 3.05) is 13.7 Å². The van der Waals surface area contributed by atoms with E-state index in [1.165, 1.54) is 6.07 Å². The van der Waals surface area contributed by atoms with Crippen LogP contribution in [-0.2, 0) is 13.1 Å². The molecule has 0 atom stereocenters. The first kappa shape index (κ1) is 21.1. The van der Waals surface area contributed by atoms with Crippen LogP contribution in [0.1, 0.15) is 23.7 Å². The zero-order valence-electron chi connectivity index (χ0n) is 14.7. The molecule has 0 spiro atoms. The topological polar surface area (TPSA) is 58.5 Å². The maximum Gasteiger partial charge on any atom is 0.213 e. The molecular formula is C18H24FIN4O. The van der Waals surface area contributed by atoms with Crippen LogP contribution in [0.2, 0.25) is 0 Å². The number of guanidine groups is 1. The van der Waals surface area contributed by atoms with Gasteiger partial charge >= 0.3 is 0 Å². The highest BCUT2D eigenvalue weighted by Gasteiger charge is 2.02. The minimum absolute atomic E-state index is 0. The van der Waals surface area contributed by atoms with E-state index in [1.807, 2.05) is 25.1 Å². The van der Waals surface area contributed by atoms with Crippen molar-refractivity contribution in [3.05, 3.63) is 59.0 Å². The van der Waals surface area contributed by atoms with E-state index in [2.05, 4.69) is 20.6 Å². The van der Waals surface area contributed by atoms with E-state index >= 15 is 0 Å². The maximum atomic E-state index is 13.3. The summed E-state index contributed by atoms with van der Waals surface area (Å²) in [6.45, 7) is 5.51. The molecule has 0 amide bonds. The van der Waals surface area contributed by atoms with Crippen molar-refractivity contribution in [2.45, 2.75) is 26.9 Å². The number of aromatic nitrogens is 1. The molecule has 2 aromatic rings. The number of benzene rings is 1. The normalized spacial score (nSPS) is 10.8. The Labute approximate surface area is 165 Å². The average Bonchev–Trinajstić information content (AvgIpc) is 2.60. The minimum atomic E-state index is -0.197. The van der Waals surface area contributed by atoms with Crippen LogP contribution in [0.3, 0.4) is 0 Å². The van der Waals surface area contributed by atoms with Gasteiger partial charge in [-0.2, -0.15) is 0 Å². The zero-order chi connectivity index (χ0) is 17.4. The molecule has 0 aliphatic heterocycles. The van der Waals surface area contributed by atoms with Gasteiger partial charge in [-0.1, -0.05) is 18.2 Å². The summed E-state index contributed by atoms with van der Waals surface area (Å²) in [7, 11) is 1.59. The molecule has 2 rings (SSSR count). The van der Waals surface area contributed by atoms with Crippen molar-refractivity contribution in [1.29, 1.82) is 0 Å². The maximum absolute atomic E-state index is 13.3. The molecule has 0 aliphatic rings. The highest BCUT2D eigenvalue weighted by molar-refractivity contribution is 14.0. The van der Waals surface area contributed by atoms with Gasteiger partial charge < -0.3 is 15.4 Å². The van der Waals surface area contributed by atoms with Crippen molar-refractivity contribution in [3.63, 3.8) is 0 Å². The fourth-order valence-electron chi connectivity index (χ4n) is 2.16. The third kappa shape index (κ3) is 6.85. The Morgan fingerprint density at radius 1 is 1.24 bits per heavy atom. The van der Waals surface area contributed by atoms with Crippen molar-refractivity contribution in [2.24, 2.45) is 4.99 Å². The lowest BCUT2D eigenvalue weighted by Gasteiger charge is -2.11. The SMILES string of the molecule is CCNC(=NCc1ccc(F)c(C)c1)NCc1cccc(OC)n1.I. The molecule has 25 heavy (non-hydrogen) atoms. The lowest BCUT2D eigenvalue weighted by molar-refractivity contribution is 0.396. The predicted octanol–water partition coefficient (Wildman–Crippen LogP) is 3.41. The molecule has 2 N–H and O–H groups in total. The predicted molar refractivity (Wildman–Crippen MR) is 109 cm³/mol. The fraction of sp³-hybridized carbons (Fsp3) is 0.333. The number of rotatable bonds is 6. The summed E-state index contributed by atoms with van der Waals surface area (Å²) >= 11 is 0. The number of hydrogen-bond acceptors (Lipinski definition) is 3. The molecule has 0 saturated carbocycles. The first-order valence-electron chi connectivity index (χ1n) is 7.89. The molecule has 1 aromatic carbocycles. The molecule has 0 fully saturated rings. The van der Waals surface area contributed by atoms with E-state index in [0.717, 1.165) is 17.8 Å². The molecule has 0 radical (unpaired) electrons. The van der Waals surface area contributed by atoms with Crippen molar-refractivity contribution >= 4 is 29.9 Å². The number of pyridine rings is 1. The third-order valence-electron chi connectivity index (χ3n) is 3.41. The molecular weight excluding hydrogens is 434 g/mol. The number of ether oxygens (including phenoxy) is 1. The van der Waals surface area contributed by atoms with E-state index < -0.39 is 0 Å². The van der Waals surface area contributed by atoms with Gasteiger partial charge in [0.1, 0.15) is 5.82 Å². The highest BCUT2D eigenvalue weighted by atomic mass is 127. The van der Waals surface area contributed by atoms with Crippen molar-refractivity contribution in [1.82, 2.24) is 15.6 Å². The smallest absolute Gasteiger partial charge is 0.213 e. The van der Waals surface area contributed by atoms with Gasteiger partial charge in [0.15, 0.2) is 5.96 Å². The zero-order valence-corrected chi connectivity index (χ0v) is 17.0. The number of nitrogens with zero attached hydrogens (tertiary/aromatic N) is 2. The number of methoxy groups -OCH3 is 1. The summed E-state index contributed by atoms with van der Waals surface area (Å²) in [6.07, 6.45) is 0. The van der Waals surface area contributed by atoms with E-state index in [9.17, 15) is 4.39 Å². The molecule has 136 valence electrons. The lowest BCUT2D eigenvalue weighted by atomic mass is 10.1. The molecule has 0 saturated heterocycles. The Hall–Kier alpha value is -1.90. The molecule has 0 unspecified atom stereocenters. The summed E-state index contributed by atoms with van der Waals surface area (Å²) in [6, 6.07) is 10.7. The van der Waals surface area contributed by atoms with Crippen LogP contribution in [0.25, 0.3) is 0 Å². The van der Waals surface area contributed by atoms with Crippen molar-refractivity contribution in [3.8, 4) is 5.88 Å². The Balaban J connectivity index is 0.00000312. The Kier molecular flexibility index (Phi) is 9.18. The number of aryl methyl sites for hydroxylation is 1. The van der Waals surface area contributed by atoms with E-state index in [1.54, 1.807) is 26.2 Å². The van der Waals surface area contributed by atoms with Gasteiger partial charge in [-0.25, -0.2) is 14.4 Å². The third-order valence-corrected chi connectivity index (χ3v) is 3.41. The van der Waals surface area contributed by atoms with E-state index in [4.69, 9.17) is 4.74 Å². The van der Waals surface area contributed by atoms with Gasteiger partial charge in [-0.15, -0.1) is 24.0 Å². The fourth-order valence-corrected chi connectivity index (χ4v) is 2.16. The summed E-state index contributed by atoms with van der Waals surface area (Å²) < 4.78 is 18.4. The average molecular weight is 458 g/mol. The van der Waals surface area contributed by atoms with Crippen LogP contribution in [-0.4, -0.2) is 24.6 Å².